The second kappa shape index (κ2) is 6.64. The SMILES string of the molecule is CCNc1nc(Cl)nc(Oc2ccc(Br)cc2[N+](=O)[O-])n1. The zero-order valence-corrected chi connectivity index (χ0v) is 13.1. The smallest absolute Gasteiger partial charge is 0.328 e. The van der Waals surface area contributed by atoms with Gasteiger partial charge in [0.25, 0.3) is 0 Å². The minimum Gasteiger partial charge on any atom is -0.417 e. The summed E-state index contributed by atoms with van der Waals surface area (Å²) in [7, 11) is 0. The number of nitrogens with zero attached hydrogens (tertiary/aromatic N) is 4. The Balaban J connectivity index is 2.36. The number of hydrogen-bond acceptors (Lipinski definition) is 7. The van der Waals surface area contributed by atoms with Gasteiger partial charge in [0.1, 0.15) is 0 Å². The van der Waals surface area contributed by atoms with Gasteiger partial charge in [-0.15, -0.1) is 0 Å². The molecular weight excluding hydrogens is 366 g/mol. The van der Waals surface area contributed by atoms with Crippen molar-refractivity contribution in [2.24, 2.45) is 0 Å². The number of hydrogen-bond donors (Lipinski definition) is 1. The van der Waals surface area contributed by atoms with Crippen molar-refractivity contribution in [1.29, 1.82) is 0 Å². The quantitative estimate of drug-likeness (QED) is 0.631. The van der Waals surface area contributed by atoms with E-state index in [1.807, 2.05) is 6.92 Å². The second-order valence-corrected chi connectivity index (χ2v) is 4.97. The van der Waals surface area contributed by atoms with Crippen molar-refractivity contribution in [1.82, 2.24) is 15.0 Å². The lowest BCUT2D eigenvalue weighted by Gasteiger charge is -2.07. The zero-order chi connectivity index (χ0) is 15.4. The van der Waals surface area contributed by atoms with Gasteiger partial charge >= 0.3 is 11.7 Å². The van der Waals surface area contributed by atoms with Crippen LogP contribution in [0.3, 0.4) is 0 Å². The molecule has 0 aliphatic rings. The number of benzene rings is 1. The minimum atomic E-state index is -0.561. The van der Waals surface area contributed by atoms with E-state index in [0.717, 1.165) is 0 Å². The van der Waals surface area contributed by atoms with Crippen molar-refractivity contribution in [2.75, 3.05) is 11.9 Å². The predicted octanol–water partition coefficient (Wildman–Crippen LogP) is 3.42. The lowest BCUT2D eigenvalue weighted by Crippen LogP contribution is -2.05. The average Bonchev–Trinajstić information content (AvgIpc) is 2.40. The highest BCUT2D eigenvalue weighted by Crippen LogP contribution is 2.32. The summed E-state index contributed by atoms with van der Waals surface area (Å²) in [6, 6.07) is 4.24. The number of nitro benzene ring substituents is 1. The monoisotopic (exact) mass is 373 g/mol. The number of aromatic nitrogens is 3. The number of rotatable bonds is 5. The van der Waals surface area contributed by atoms with E-state index in [9.17, 15) is 10.1 Å². The fourth-order valence-corrected chi connectivity index (χ4v) is 1.93. The molecule has 1 aromatic carbocycles. The molecule has 0 atom stereocenters. The normalized spacial score (nSPS) is 10.2. The summed E-state index contributed by atoms with van der Waals surface area (Å²) in [6.45, 7) is 2.44. The highest BCUT2D eigenvalue weighted by Gasteiger charge is 2.18. The molecule has 2 aromatic rings. The van der Waals surface area contributed by atoms with Gasteiger partial charge in [-0.05, 0) is 30.7 Å². The van der Waals surface area contributed by atoms with E-state index in [1.165, 1.54) is 12.1 Å². The van der Waals surface area contributed by atoms with Crippen LogP contribution in [0, 0.1) is 10.1 Å². The van der Waals surface area contributed by atoms with Gasteiger partial charge in [0.2, 0.25) is 17.0 Å². The van der Waals surface area contributed by atoms with Gasteiger partial charge < -0.3 is 10.1 Å². The number of anilines is 1. The van der Waals surface area contributed by atoms with Crippen LogP contribution < -0.4 is 10.1 Å². The summed E-state index contributed by atoms with van der Waals surface area (Å²) in [5.41, 5.74) is -0.217. The predicted molar refractivity (Wildman–Crippen MR) is 79.9 cm³/mol. The number of nitro groups is 1. The van der Waals surface area contributed by atoms with Crippen LogP contribution in [-0.4, -0.2) is 26.4 Å². The van der Waals surface area contributed by atoms with Crippen molar-refractivity contribution >= 4 is 39.2 Å². The summed E-state index contributed by atoms with van der Waals surface area (Å²) < 4.78 is 5.90. The van der Waals surface area contributed by atoms with Gasteiger partial charge in [0.05, 0.1) is 4.92 Å². The van der Waals surface area contributed by atoms with E-state index < -0.39 is 4.92 Å². The molecule has 1 aromatic heterocycles. The molecule has 0 spiro atoms. The van der Waals surface area contributed by atoms with Crippen LogP contribution in [0.1, 0.15) is 6.92 Å². The fraction of sp³-hybridized carbons (Fsp3) is 0.182. The van der Waals surface area contributed by atoms with Gasteiger partial charge in [0, 0.05) is 17.1 Å². The van der Waals surface area contributed by atoms with Crippen LogP contribution in [-0.2, 0) is 0 Å². The van der Waals surface area contributed by atoms with E-state index in [-0.39, 0.29) is 28.7 Å². The van der Waals surface area contributed by atoms with E-state index in [2.05, 4.69) is 36.2 Å². The van der Waals surface area contributed by atoms with E-state index in [1.54, 1.807) is 6.07 Å². The summed E-state index contributed by atoms with van der Waals surface area (Å²) in [5.74, 6) is 0.236. The second-order valence-electron chi connectivity index (χ2n) is 3.71. The molecule has 0 radical (unpaired) electrons. The molecule has 8 nitrogen and oxygen atoms in total. The third-order valence-corrected chi connectivity index (χ3v) is 2.90. The summed E-state index contributed by atoms with van der Waals surface area (Å²) in [4.78, 5) is 22.0. The van der Waals surface area contributed by atoms with E-state index >= 15 is 0 Å². The fourth-order valence-electron chi connectivity index (χ4n) is 1.43. The molecular formula is C11H9BrClN5O3. The van der Waals surface area contributed by atoms with Gasteiger partial charge in [0.15, 0.2) is 0 Å². The zero-order valence-electron chi connectivity index (χ0n) is 10.7. The minimum absolute atomic E-state index is 0.00733. The van der Waals surface area contributed by atoms with Crippen LogP contribution in [0.4, 0.5) is 11.6 Å². The molecule has 0 aliphatic carbocycles. The highest BCUT2D eigenvalue weighted by atomic mass is 79.9. The molecule has 1 N–H and O–H groups in total. The Morgan fingerprint density at radius 1 is 1.43 bits per heavy atom. The third-order valence-electron chi connectivity index (χ3n) is 2.24. The Kier molecular flexibility index (Phi) is 4.86. The van der Waals surface area contributed by atoms with Crippen molar-refractivity contribution in [3.05, 3.63) is 38.1 Å². The van der Waals surface area contributed by atoms with Crippen molar-refractivity contribution < 1.29 is 9.66 Å². The Morgan fingerprint density at radius 3 is 2.86 bits per heavy atom. The first kappa shape index (κ1) is 15.4. The number of ether oxygens (including phenoxy) is 1. The average molecular weight is 375 g/mol. The Hall–Kier alpha value is -2.00. The molecule has 2 rings (SSSR count). The number of halogens is 2. The maximum absolute atomic E-state index is 11.0. The van der Waals surface area contributed by atoms with Crippen molar-refractivity contribution in [3.8, 4) is 11.8 Å². The van der Waals surface area contributed by atoms with Crippen LogP contribution >= 0.6 is 27.5 Å². The van der Waals surface area contributed by atoms with Crippen LogP contribution in [0.15, 0.2) is 22.7 Å². The highest BCUT2D eigenvalue weighted by molar-refractivity contribution is 9.10. The van der Waals surface area contributed by atoms with Gasteiger partial charge in [-0.1, -0.05) is 15.9 Å². The summed E-state index contributed by atoms with van der Waals surface area (Å²) in [6.07, 6.45) is 0. The molecule has 0 bridgehead atoms. The van der Waals surface area contributed by atoms with Crippen molar-refractivity contribution in [3.63, 3.8) is 0 Å². The lowest BCUT2D eigenvalue weighted by molar-refractivity contribution is -0.385. The maximum atomic E-state index is 11.0. The molecule has 0 saturated heterocycles. The summed E-state index contributed by atoms with van der Waals surface area (Å²) in [5, 5.41) is 13.8. The molecule has 0 fully saturated rings. The largest absolute Gasteiger partial charge is 0.417 e. The number of nitrogens with one attached hydrogen (secondary N) is 1. The molecule has 0 saturated carbocycles. The van der Waals surface area contributed by atoms with Gasteiger partial charge in [-0.2, -0.15) is 15.0 Å². The molecule has 0 aliphatic heterocycles. The van der Waals surface area contributed by atoms with Crippen LogP contribution in [0.5, 0.6) is 11.8 Å². The summed E-state index contributed by atoms with van der Waals surface area (Å²) >= 11 is 8.92. The first-order valence-electron chi connectivity index (χ1n) is 5.77. The van der Waals surface area contributed by atoms with Gasteiger partial charge in [-0.25, -0.2) is 0 Å². The topological polar surface area (TPSA) is 103 Å². The molecule has 0 amide bonds. The lowest BCUT2D eigenvalue weighted by atomic mass is 10.3. The Morgan fingerprint density at radius 2 is 2.19 bits per heavy atom. The Bertz CT molecular complexity index is 685. The molecule has 110 valence electrons. The van der Waals surface area contributed by atoms with E-state index in [0.29, 0.717) is 11.0 Å². The standard InChI is InChI=1S/C11H9BrClN5O3/c1-2-14-10-15-9(13)16-11(17-10)21-8-4-3-6(12)5-7(8)18(19)20/h3-5H,2H2,1H3,(H,14,15,16,17). The van der Waals surface area contributed by atoms with Crippen molar-refractivity contribution in [2.45, 2.75) is 6.92 Å². The third kappa shape index (κ3) is 3.99. The maximum Gasteiger partial charge on any atom is 0.328 e. The molecule has 10 heteroatoms. The first-order valence-corrected chi connectivity index (χ1v) is 6.94. The van der Waals surface area contributed by atoms with Gasteiger partial charge in [-0.3, -0.25) is 10.1 Å². The molecule has 1 heterocycles. The van der Waals surface area contributed by atoms with Crippen LogP contribution in [0.2, 0.25) is 5.28 Å². The Labute approximate surface area is 132 Å². The van der Waals surface area contributed by atoms with Crippen LogP contribution in [0.25, 0.3) is 0 Å². The molecule has 0 unspecified atom stereocenters. The van der Waals surface area contributed by atoms with E-state index in [4.69, 9.17) is 16.3 Å². The molecule has 21 heavy (non-hydrogen) atoms. The first-order chi connectivity index (χ1) is 9.99.